The Morgan fingerprint density at radius 1 is 0.846 bits per heavy atom. The number of carbonyl (C=O) groups excluding carboxylic acids is 2. The van der Waals surface area contributed by atoms with Gasteiger partial charge in [0.15, 0.2) is 6.23 Å². The molecule has 0 radical (unpaired) electrons. The molecule has 0 heterocycles. The molecule has 4 N–H and O–H groups in total. The molecule has 2 atom stereocenters. The molecule has 208 valence electrons. The van der Waals surface area contributed by atoms with Crippen molar-refractivity contribution in [1.29, 1.82) is 0 Å². The number of nitrogens with one attached hydrogen (secondary N) is 1. The number of ether oxygens (including phenoxy) is 2. The zero-order valence-electron chi connectivity index (χ0n) is 23.2. The molecule has 0 aliphatic carbocycles. The van der Waals surface area contributed by atoms with E-state index >= 15 is 0 Å². The van der Waals surface area contributed by atoms with E-state index in [1.165, 1.54) is 0 Å². The van der Waals surface area contributed by atoms with Crippen molar-refractivity contribution >= 4 is 12.1 Å². The van der Waals surface area contributed by atoms with E-state index in [1.807, 2.05) is 88.4 Å². The number of nitrogens with two attached hydrogens (primary N) is 1. The van der Waals surface area contributed by atoms with Gasteiger partial charge in [0.1, 0.15) is 18.4 Å². The first-order valence-corrected chi connectivity index (χ1v) is 13.4. The minimum absolute atomic E-state index is 0.0538. The average Bonchev–Trinajstić information content (AvgIpc) is 2.89. The van der Waals surface area contributed by atoms with Crippen LogP contribution in [-0.4, -0.2) is 29.4 Å². The Bertz CT molecular complexity index is 1190. The zero-order valence-corrected chi connectivity index (χ0v) is 23.2. The number of rotatable bonds is 12. The number of esters is 1. The van der Waals surface area contributed by atoms with Crippen LogP contribution >= 0.6 is 0 Å². The smallest absolute Gasteiger partial charge is 0.408 e. The van der Waals surface area contributed by atoms with Gasteiger partial charge in [-0.25, -0.2) is 9.59 Å². The quantitative estimate of drug-likeness (QED) is 0.208. The lowest BCUT2D eigenvalue weighted by Gasteiger charge is -2.31. The Hall–Kier alpha value is -3.84. The summed E-state index contributed by atoms with van der Waals surface area (Å²) in [5.41, 5.74) is 9.86. The van der Waals surface area contributed by atoms with Crippen LogP contribution < -0.4 is 11.1 Å². The number of hydrogen-bond donors (Lipinski definition) is 3. The van der Waals surface area contributed by atoms with Crippen LogP contribution in [0.1, 0.15) is 49.9 Å². The minimum Gasteiger partial charge on any atom is -0.508 e. The molecule has 0 saturated heterocycles. The van der Waals surface area contributed by atoms with Crippen LogP contribution in [0, 0.1) is 17.8 Å². The number of phenolic OH excluding ortho intramolecular Hbond substituents is 1. The highest BCUT2D eigenvalue weighted by molar-refractivity contribution is 5.82. The average molecular weight is 533 g/mol. The Kier molecular flexibility index (Phi) is 10.9. The molecule has 0 aliphatic rings. The molecule has 3 aromatic rings. The van der Waals surface area contributed by atoms with Gasteiger partial charge in [0.25, 0.3) is 0 Å². The summed E-state index contributed by atoms with van der Waals surface area (Å²) < 4.78 is 11.1. The van der Waals surface area contributed by atoms with E-state index in [1.54, 1.807) is 18.2 Å². The van der Waals surface area contributed by atoms with Crippen molar-refractivity contribution in [3.63, 3.8) is 0 Å². The van der Waals surface area contributed by atoms with Crippen LogP contribution in [0.3, 0.4) is 0 Å². The molecule has 0 aliphatic heterocycles. The second-order valence-corrected chi connectivity index (χ2v) is 10.5. The van der Waals surface area contributed by atoms with Crippen LogP contribution in [0.2, 0.25) is 0 Å². The predicted molar refractivity (Wildman–Crippen MR) is 152 cm³/mol. The van der Waals surface area contributed by atoms with Gasteiger partial charge < -0.3 is 19.9 Å². The molecular weight excluding hydrogens is 492 g/mol. The molecule has 0 saturated carbocycles. The van der Waals surface area contributed by atoms with E-state index in [0.717, 1.165) is 22.3 Å². The summed E-state index contributed by atoms with van der Waals surface area (Å²) in [6.07, 6.45) is -0.872. The van der Waals surface area contributed by atoms with Crippen molar-refractivity contribution in [2.45, 2.75) is 59.4 Å². The monoisotopic (exact) mass is 532 g/mol. The second-order valence-electron chi connectivity index (χ2n) is 10.5. The maximum Gasteiger partial charge on any atom is 0.408 e. The van der Waals surface area contributed by atoms with Gasteiger partial charge in [0.2, 0.25) is 0 Å². The largest absolute Gasteiger partial charge is 0.508 e. The summed E-state index contributed by atoms with van der Waals surface area (Å²) in [6, 6.07) is 23.1. The molecule has 0 aromatic heterocycles. The van der Waals surface area contributed by atoms with E-state index in [9.17, 15) is 14.7 Å². The van der Waals surface area contributed by atoms with Gasteiger partial charge in [0.05, 0.1) is 0 Å². The van der Waals surface area contributed by atoms with E-state index < -0.39 is 24.3 Å². The molecule has 3 rings (SSSR count). The number of carbonyl (C=O) groups is 2. The fourth-order valence-electron chi connectivity index (χ4n) is 4.94. The standard InChI is InChI=1S/C32H40N2O5/c1-21(2)29(22(3)4)30(33)39-31(36)28(34-32(37)38-20-24-13-9-6-10-14-24)19-25-15-16-27(35)18-26(25)17-23-11-7-5-8-12-23/h5-16,18,21-22,28-30,35H,17,19-20,33H2,1-4H3,(H,34,37)/t28-,30?/m0/s1. The lowest BCUT2D eigenvalue weighted by molar-refractivity contribution is -0.156. The van der Waals surface area contributed by atoms with Crippen molar-refractivity contribution < 1.29 is 24.2 Å². The van der Waals surface area contributed by atoms with Crippen LogP contribution in [0.4, 0.5) is 4.79 Å². The van der Waals surface area contributed by atoms with E-state index in [-0.39, 0.29) is 36.5 Å². The summed E-state index contributed by atoms with van der Waals surface area (Å²) >= 11 is 0. The van der Waals surface area contributed by atoms with Gasteiger partial charge in [-0.05, 0) is 52.6 Å². The van der Waals surface area contributed by atoms with E-state index in [4.69, 9.17) is 15.2 Å². The number of alkyl carbamates (subject to hydrolysis) is 1. The Morgan fingerprint density at radius 2 is 1.44 bits per heavy atom. The number of hydrogen-bond acceptors (Lipinski definition) is 6. The van der Waals surface area contributed by atoms with Crippen LogP contribution in [0.25, 0.3) is 0 Å². The topological polar surface area (TPSA) is 111 Å². The molecule has 0 spiro atoms. The maximum atomic E-state index is 13.4. The third-order valence-electron chi connectivity index (χ3n) is 6.81. The Morgan fingerprint density at radius 3 is 2.03 bits per heavy atom. The summed E-state index contributed by atoms with van der Waals surface area (Å²) in [6.45, 7) is 8.24. The maximum absolute atomic E-state index is 13.4. The molecule has 1 amide bonds. The first kappa shape index (κ1) is 29.7. The summed E-state index contributed by atoms with van der Waals surface area (Å²) in [4.78, 5) is 26.2. The van der Waals surface area contributed by atoms with Crippen molar-refractivity contribution in [2.24, 2.45) is 23.5 Å². The molecule has 0 fully saturated rings. The highest BCUT2D eigenvalue weighted by Crippen LogP contribution is 2.25. The van der Waals surface area contributed by atoms with Gasteiger partial charge in [0, 0.05) is 12.3 Å². The zero-order chi connectivity index (χ0) is 28.4. The van der Waals surface area contributed by atoms with Gasteiger partial charge >= 0.3 is 12.1 Å². The van der Waals surface area contributed by atoms with Crippen LogP contribution in [0.15, 0.2) is 78.9 Å². The molecule has 7 heteroatoms. The SMILES string of the molecule is CC(C)C(C(C)C)C(N)OC(=O)[C@H](Cc1ccc(O)cc1Cc1ccccc1)NC(=O)OCc1ccccc1. The lowest BCUT2D eigenvalue weighted by atomic mass is 9.84. The normalized spacial score (nSPS) is 12.8. The first-order chi connectivity index (χ1) is 18.6. The summed E-state index contributed by atoms with van der Waals surface area (Å²) in [5, 5.41) is 12.9. The molecule has 0 bridgehead atoms. The van der Waals surface area contributed by atoms with Crippen molar-refractivity contribution in [2.75, 3.05) is 0 Å². The van der Waals surface area contributed by atoms with Crippen LogP contribution in [0.5, 0.6) is 5.75 Å². The van der Waals surface area contributed by atoms with Gasteiger partial charge in [-0.2, -0.15) is 0 Å². The third kappa shape index (κ3) is 9.14. The summed E-state index contributed by atoms with van der Waals surface area (Å²) in [7, 11) is 0. The van der Waals surface area contributed by atoms with Crippen molar-refractivity contribution in [3.05, 3.63) is 101 Å². The number of phenols is 1. The Labute approximate surface area is 231 Å². The molecular formula is C32H40N2O5. The lowest BCUT2D eigenvalue weighted by Crippen LogP contribution is -2.48. The fourth-order valence-corrected chi connectivity index (χ4v) is 4.94. The minimum atomic E-state index is -1.04. The van der Waals surface area contributed by atoms with Crippen LogP contribution in [-0.2, 0) is 33.7 Å². The molecule has 7 nitrogen and oxygen atoms in total. The third-order valence-corrected chi connectivity index (χ3v) is 6.81. The fraction of sp³-hybridized carbons (Fsp3) is 0.375. The molecule has 3 aromatic carbocycles. The first-order valence-electron chi connectivity index (χ1n) is 13.4. The summed E-state index contributed by atoms with van der Waals surface area (Å²) in [5.74, 6) is -0.168. The Balaban J connectivity index is 1.82. The highest BCUT2D eigenvalue weighted by Gasteiger charge is 2.31. The molecule has 39 heavy (non-hydrogen) atoms. The van der Waals surface area contributed by atoms with E-state index in [2.05, 4.69) is 5.32 Å². The number of benzene rings is 3. The number of aromatic hydroxyl groups is 1. The second kappa shape index (κ2) is 14.4. The van der Waals surface area contributed by atoms with Gasteiger partial charge in [-0.15, -0.1) is 0 Å². The highest BCUT2D eigenvalue weighted by atomic mass is 16.6. The van der Waals surface area contributed by atoms with Gasteiger partial charge in [-0.1, -0.05) is 94.4 Å². The number of amides is 1. The molecule has 1 unspecified atom stereocenters. The van der Waals surface area contributed by atoms with Crippen molar-refractivity contribution in [1.82, 2.24) is 5.32 Å². The van der Waals surface area contributed by atoms with Gasteiger partial charge in [-0.3, -0.25) is 5.73 Å². The van der Waals surface area contributed by atoms with E-state index in [0.29, 0.717) is 6.42 Å². The predicted octanol–water partition coefficient (Wildman–Crippen LogP) is 5.58. The van der Waals surface area contributed by atoms with Crippen molar-refractivity contribution in [3.8, 4) is 5.75 Å².